The van der Waals surface area contributed by atoms with E-state index < -0.39 is 0 Å². The fourth-order valence-electron chi connectivity index (χ4n) is 0.946. The third kappa shape index (κ3) is 2.52. The minimum absolute atomic E-state index is 0.0742. The van der Waals surface area contributed by atoms with Crippen LogP contribution in [0.3, 0.4) is 0 Å². The molecule has 0 amide bonds. The Balaban J connectivity index is 2.78. The van der Waals surface area contributed by atoms with Gasteiger partial charge in [0.2, 0.25) is 0 Å². The molecule has 0 unspecified atom stereocenters. The van der Waals surface area contributed by atoms with E-state index in [4.69, 9.17) is 17.3 Å². The van der Waals surface area contributed by atoms with Gasteiger partial charge in [0.05, 0.1) is 0 Å². The molecule has 1 aromatic carbocycles. The quantitative estimate of drug-likeness (QED) is 0.719. The van der Waals surface area contributed by atoms with Crippen LogP contribution < -0.4 is 5.73 Å². The van der Waals surface area contributed by atoms with Gasteiger partial charge < -0.3 is 5.73 Å². The predicted octanol–water partition coefficient (Wildman–Crippen LogP) is 2.04. The van der Waals surface area contributed by atoms with Crippen LogP contribution in [0.2, 0.25) is 5.02 Å². The summed E-state index contributed by atoms with van der Waals surface area (Å²) in [5.41, 5.74) is 6.59. The highest BCUT2D eigenvalue weighted by Crippen LogP contribution is 2.15. The van der Waals surface area contributed by atoms with Crippen molar-refractivity contribution >= 4 is 11.6 Å². The van der Waals surface area contributed by atoms with Crippen molar-refractivity contribution in [2.24, 2.45) is 5.73 Å². The molecule has 0 heterocycles. The number of hydrogen-bond acceptors (Lipinski definition) is 1. The van der Waals surface area contributed by atoms with Gasteiger partial charge in [-0.2, -0.15) is 0 Å². The van der Waals surface area contributed by atoms with E-state index in [0.717, 1.165) is 17.0 Å². The molecule has 11 heavy (non-hydrogen) atoms. The van der Waals surface area contributed by atoms with Crippen molar-refractivity contribution in [3.63, 3.8) is 0 Å². The molecule has 1 radical (unpaired) electrons. The van der Waals surface area contributed by atoms with Crippen LogP contribution in [-0.2, 0) is 6.42 Å². The van der Waals surface area contributed by atoms with E-state index in [1.54, 1.807) is 0 Å². The zero-order valence-corrected chi connectivity index (χ0v) is 7.01. The maximum Gasteiger partial charge on any atom is 0.0438 e. The Morgan fingerprint density at radius 1 is 1.45 bits per heavy atom. The highest BCUT2D eigenvalue weighted by Gasteiger charge is 2.00. The van der Waals surface area contributed by atoms with Crippen molar-refractivity contribution in [3.8, 4) is 0 Å². The Morgan fingerprint density at radius 3 is 2.64 bits per heavy atom. The lowest BCUT2D eigenvalue weighted by Gasteiger charge is -2.05. The maximum absolute atomic E-state index is 5.88. The summed E-state index contributed by atoms with van der Waals surface area (Å²) in [5.74, 6) is 0. The molecule has 0 aliphatic carbocycles. The summed E-state index contributed by atoms with van der Waals surface area (Å²) in [6.45, 7) is 3.69. The SMILES string of the molecule is [CH2][C@@H](N)Cc1ccccc1Cl. The molecule has 2 N–H and O–H groups in total. The molecule has 0 saturated heterocycles. The van der Waals surface area contributed by atoms with Crippen molar-refractivity contribution in [3.05, 3.63) is 41.8 Å². The van der Waals surface area contributed by atoms with E-state index in [9.17, 15) is 0 Å². The van der Waals surface area contributed by atoms with E-state index in [2.05, 4.69) is 6.92 Å². The zero-order valence-electron chi connectivity index (χ0n) is 6.26. The molecule has 0 aliphatic heterocycles. The average Bonchev–Trinajstić information content (AvgIpc) is 1.93. The van der Waals surface area contributed by atoms with E-state index in [1.807, 2.05) is 24.3 Å². The molecule has 1 atom stereocenters. The first-order chi connectivity index (χ1) is 5.20. The van der Waals surface area contributed by atoms with Crippen molar-refractivity contribution in [1.29, 1.82) is 0 Å². The second-order valence-electron chi connectivity index (χ2n) is 2.56. The first kappa shape index (κ1) is 8.57. The molecule has 59 valence electrons. The largest absolute Gasteiger partial charge is 0.327 e. The topological polar surface area (TPSA) is 26.0 Å². The molecule has 0 aromatic heterocycles. The summed E-state index contributed by atoms with van der Waals surface area (Å²) in [6, 6.07) is 7.60. The third-order valence-electron chi connectivity index (χ3n) is 1.44. The van der Waals surface area contributed by atoms with E-state index in [-0.39, 0.29) is 6.04 Å². The Labute approximate surface area is 72.2 Å². The minimum atomic E-state index is -0.0742. The van der Waals surface area contributed by atoms with Gasteiger partial charge in [0.1, 0.15) is 0 Å². The molecule has 0 saturated carbocycles. The highest BCUT2D eigenvalue weighted by molar-refractivity contribution is 6.31. The standard InChI is InChI=1S/C9H11ClN/c1-7(11)6-8-4-2-3-5-9(8)10/h2-5,7H,1,6,11H2/t7-/m1/s1. The maximum atomic E-state index is 5.88. The summed E-state index contributed by atoms with van der Waals surface area (Å²) in [6.07, 6.45) is 0.736. The first-order valence-corrected chi connectivity index (χ1v) is 3.90. The number of rotatable bonds is 2. The van der Waals surface area contributed by atoms with Gasteiger partial charge in [0.15, 0.2) is 0 Å². The monoisotopic (exact) mass is 168 g/mol. The van der Waals surface area contributed by atoms with Gasteiger partial charge in [0.25, 0.3) is 0 Å². The summed E-state index contributed by atoms with van der Waals surface area (Å²) < 4.78 is 0. The smallest absolute Gasteiger partial charge is 0.0438 e. The summed E-state index contributed by atoms with van der Waals surface area (Å²) >= 11 is 5.88. The van der Waals surface area contributed by atoms with Gasteiger partial charge in [-0.15, -0.1) is 0 Å². The normalized spacial score (nSPS) is 13.0. The molecule has 1 aromatic rings. The van der Waals surface area contributed by atoms with Crippen LogP contribution in [0.15, 0.2) is 24.3 Å². The lowest BCUT2D eigenvalue weighted by molar-refractivity contribution is 0.807. The van der Waals surface area contributed by atoms with Gasteiger partial charge in [-0.05, 0) is 25.0 Å². The van der Waals surface area contributed by atoms with Crippen molar-refractivity contribution in [1.82, 2.24) is 0 Å². The Kier molecular flexibility index (Phi) is 2.92. The van der Waals surface area contributed by atoms with E-state index in [0.29, 0.717) is 0 Å². The number of halogens is 1. The lowest BCUT2D eigenvalue weighted by atomic mass is 10.1. The predicted molar refractivity (Wildman–Crippen MR) is 48.5 cm³/mol. The van der Waals surface area contributed by atoms with E-state index >= 15 is 0 Å². The summed E-state index contributed by atoms with van der Waals surface area (Å²) in [4.78, 5) is 0. The molecule has 0 spiro atoms. The second kappa shape index (κ2) is 3.74. The van der Waals surface area contributed by atoms with Crippen molar-refractivity contribution in [2.75, 3.05) is 0 Å². The molecule has 1 nitrogen and oxygen atoms in total. The van der Waals surface area contributed by atoms with Gasteiger partial charge in [-0.3, -0.25) is 0 Å². The number of nitrogens with two attached hydrogens (primary N) is 1. The molecule has 1 rings (SSSR count). The van der Waals surface area contributed by atoms with Crippen molar-refractivity contribution in [2.45, 2.75) is 12.5 Å². The van der Waals surface area contributed by atoms with Gasteiger partial charge in [-0.1, -0.05) is 29.8 Å². The average molecular weight is 169 g/mol. The van der Waals surface area contributed by atoms with E-state index in [1.165, 1.54) is 0 Å². The zero-order chi connectivity index (χ0) is 8.27. The Bertz CT molecular complexity index is 233. The van der Waals surface area contributed by atoms with Crippen LogP contribution in [0.25, 0.3) is 0 Å². The molecule has 0 bridgehead atoms. The molecule has 2 heteroatoms. The van der Waals surface area contributed by atoms with Crippen LogP contribution >= 0.6 is 11.6 Å². The molecular formula is C9H11ClN. The van der Waals surface area contributed by atoms with Crippen LogP contribution in [0.5, 0.6) is 0 Å². The molecule has 0 fully saturated rings. The summed E-state index contributed by atoms with van der Waals surface area (Å²) in [7, 11) is 0. The van der Waals surface area contributed by atoms with Gasteiger partial charge in [0, 0.05) is 11.1 Å². The van der Waals surface area contributed by atoms with Gasteiger partial charge >= 0.3 is 0 Å². The Morgan fingerprint density at radius 2 is 2.09 bits per heavy atom. The number of hydrogen-bond donors (Lipinski definition) is 1. The minimum Gasteiger partial charge on any atom is -0.327 e. The molecule has 0 aliphatic rings. The highest BCUT2D eigenvalue weighted by atomic mass is 35.5. The fraction of sp³-hybridized carbons (Fsp3) is 0.222. The van der Waals surface area contributed by atoms with Crippen molar-refractivity contribution < 1.29 is 0 Å². The molecular weight excluding hydrogens is 158 g/mol. The summed E-state index contributed by atoms with van der Waals surface area (Å²) in [5, 5.41) is 0.770. The van der Waals surface area contributed by atoms with Crippen LogP contribution in [0, 0.1) is 6.92 Å². The van der Waals surface area contributed by atoms with Gasteiger partial charge in [-0.25, -0.2) is 0 Å². The fourth-order valence-corrected chi connectivity index (χ4v) is 1.16. The first-order valence-electron chi connectivity index (χ1n) is 3.52. The van der Waals surface area contributed by atoms with Crippen LogP contribution in [0.1, 0.15) is 5.56 Å². The number of benzene rings is 1. The Hall–Kier alpha value is -0.530. The lowest BCUT2D eigenvalue weighted by Crippen LogP contribution is -2.18. The van der Waals surface area contributed by atoms with Crippen LogP contribution in [0.4, 0.5) is 0 Å². The third-order valence-corrected chi connectivity index (χ3v) is 1.81. The second-order valence-corrected chi connectivity index (χ2v) is 2.96. The van der Waals surface area contributed by atoms with Crippen LogP contribution in [-0.4, -0.2) is 6.04 Å².